The van der Waals surface area contributed by atoms with Gasteiger partial charge in [-0.1, -0.05) is 23.8 Å². The fourth-order valence-electron chi connectivity index (χ4n) is 5.15. The van der Waals surface area contributed by atoms with Gasteiger partial charge in [-0.05, 0) is 61.6 Å². The van der Waals surface area contributed by atoms with Gasteiger partial charge in [0.15, 0.2) is 0 Å². The van der Waals surface area contributed by atoms with Crippen LogP contribution in [0.25, 0.3) is 0 Å². The predicted molar refractivity (Wildman–Crippen MR) is 101 cm³/mol. The molecule has 1 aromatic rings. The summed E-state index contributed by atoms with van der Waals surface area (Å²) in [4.78, 5) is 2.63. The van der Waals surface area contributed by atoms with Gasteiger partial charge < -0.3 is 14.4 Å². The molecule has 2 fully saturated rings. The molecule has 0 unspecified atom stereocenters. The minimum atomic E-state index is -0.290. The molecule has 1 heterocycles. The summed E-state index contributed by atoms with van der Waals surface area (Å²) in [7, 11) is 3.53. The first kappa shape index (κ1) is 17.4. The molecular formula is C21H28ClNO2. The molecule has 0 radical (unpaired) electrons. The number of allylic oxidation sites excluding steroid dienone is 2. The van der Waals surface area contributed by atoms with Crippen LogP contribution in [0.3, 0.4) is 0 Å². The highest BCUT2D eigenvalue weighted by molar-refractivity contribution is 6.30. The number of halogens is 1. The van der Waals surface area contributed by atoms with Crippen LogP contribution in [0, 0.1) is 17.8 Å². The van der Waals surface area contributed by atoms with Crippen molar-refractivity contribution in [2.24, 2.45) is 17.8 Å². The maximum atomic E-state index is 6.26. The lowest BCUT2D eigenvalue weighted by atomic mass is 9.82. The molecular weight excluding hydrogens is 334 g/mol. The van der Waals surface area contributed by atoms with Crippen LogP contribution in [0.1, 0.15) is 31.2 Å². The maximum Gasteiger partial charge on any atom is 0.125 e. The Labute approximate surface area is 155 Å². The van der Waals surface area contributed by atoms with Crippen LogP contribution >= 0.6 is 11.6 Å². The highest BCUT2D eigenvalue weighted by Crippen LogP contribution is 2.45. The number of hydrogen-bond donors (Lipinski definition) is 0. The van der Waals surface area contributed by atoms with Crippen molar-refractivity contribution in [3.63, 3.8) is 0 Å². The Balaban J connectivity index is 1.45. The number of ether oxygens (including phenoxy) is 2. The average Bonchev–Trinajstić information content (AvgIpc) is 3.26. The van der Waals surface area contributed by atoms with Crippen LogP contribution in [-0.2, 0) is 10.3 Å². The van der Waals surface area contributed by atoms with Gasteiger partial charge in [-0.2, -0.15) is 0 Å². The average molecular weight is 362 g/mol. The Bertz CT molecular complexity index is 651. The summed E-state index contributed by atoms with van der Waals surface area (Å²) in [5, 5.41) is 0.739. The highest BCUT2D eigenvalue weighted by Gasteiger charge is 2.41. The van der Waals surface area contributed by atoms with Gasteiger partial charge in [-0.25, -0.2) is 0 Å². The Kier molecular flexibility index (Phi) is 4.83. The van der Waals surface area contributed by atoms with Gasteiger partial charge in [0.1, 0.15) is 5.75 Å². The summed E-state index contributed by atoms with van der Waals surface area (Å²) in [6.45, 7) is 3.38. The van der Waals surface area contributed by atoms with Crippen LogP contribution in [0.4, 0.5) is 0 Å². The van der Waals surface area contributed by atoms with Crippen LogP contribution in [0.2, 0.25) is 5.02 Å². The minimum Gasteiger partial charge on any atom is -0.496 e. The monoisotopic (exact) mass is 361 g/mol. The lowest BCUT2D eigenvalue weighted by Crippen LogP contribution is -2.45. The summed E-state index contributed by atoms with van der Waals surface area (Å²) in [5.41, 5.74) is 0.800. The van der Waals surface area contributed by atoms with Crippen molar-refractivity contribution in [3.8, 4) is 5.75 Å². The maximum absolute atomic E-state index is 6.26. The number of hydrogen-bond acceptors (Lipinski definition) is 3. The van der Waals surface area contributed by atoms with Gasteiger partial charge in [0.2, 0.25) is 0 Å². The first-order valence-corrected chi connectivity index (χ1v) is 9.81. The van der Waals surface area contributed by atoms with E-state index in [1.807, 2.05) is 25.3 Å². The third-order valence-electron chi connectivity index (χ3n) is 6.62. The summed E-state index contributed by atoms with van der Waals surface area (Å²) in [6, 6.07) is 5.84. The molecule has 3 aliphatic rings. The number of rotatable bonds is 5. The summed E-state index contributed by atoms with van der Waals surface area (Å²) < 4.78 is 11.6. The molecule has 3 atom stereocenters. The van der Waals surface area contributed by atoms with E-state index in [0.29, 0.717) is 0 Å². The zero-order valence-electron chi connectivity index (χ0n) is 15.2. The van der Waals surface area contributed by atoms with E-state index in [1.165, 1.54) is 19.4 Å². The summed E-state index contributed by atoms with van der Waals surface area (Å²) in [5.74, 6) is 3.41. The zero-order valence-corrected chi connectivity index (χ0v) is 16.0. The highest BCUT2D eigenvalue weighted by atomic mass is 35.5. The van der Waals surface area contributed by atoms with E-state index in [9.17, 15) is 0 Å². The predicted octanol–water partition coefficient (Wildman–Crippen LogP) is 4.50. The molecule has 0 aromatic heterocycles. The molecule has 2 bridgehead atoms. The second kappa shape index (κ2) is 6.94. The van der Waals surface area contributed by atoms with Gasteiger partial charge >= 0.3 is 0 Å². The molecule has 4 rings (SSSR count). The topological polar surface area (TPSA) is 21.7 Å². The molecule has 0 amide bonds. The van der Waals surface area contributed by atoms with Crippen molar-refractivity contribution in [1.29, 1.82) is 0 Å². The molecule has 1 aliphatic heterocycles. The molecule has 0 N–H and O–H groups in total. The number of likely N-dealkylation sites (tertiary alicyclic amines) is 1. The molecule has 1 saturated carbocycles. The second-order valence-corrected chi connectivity index (χ2v) is 8.32. The zero-order chi connectivity index (χ0) is 17.4. The van der Waals surface area contributed by atoms with Crippen LogP contribution in [-0.4, -0.2) is 38.8 Å². The Hall–Kier alpha value is -1.03. The number of piperidine rings is 1. The summed E-state index contributed by atoms with van der Waals surface area (Å²) >= 11 is 6.26. The molecule has 0 spiro atoms. The van der Waals surface area contributed by atoms with Crippen molar-refractivity contribution in [1.82, 2.24) is 4.90 Å². The Morgan fingerprint density at radius 3 is 2.56 bits per heavy atom. The van der Waals surface area contributed by atoms with E-state index in [1.54, 1.807) is 7.11 Å². The Morgan fingerprint density at radius 1 is 1.16 bits per heavy atom. The largest absolute Gasteiger partial charge is 0.496 e. The molecule has 4 heteroatoms. The van der Waals surface area contributed by atoms with E-state index in [-0.39, 0.29) is 5.60 Å². The number of methoxy groups -OCH3 is 2. The first-order chi connectivity index (χ1) is 12.1. The molecule has 1 saturated heterocycles. The second-order valence-electron chi connectivity index (χ2n) is 7.88. The van der Waals surface area contributed by atoms with Gasteiger partial charge in [-0.15, -0.1) is 0 Å². The molecule has 136 valence electrons. The van der Waals surface area contributed by atoms with Crippen molar-refractivity contribution < 1.29 is 9.47 Å². The third-order valence-corrected chi connectivity index (χ3v) is 6.85. The van der Waals surface area contributed by atoms with Crippen molar-refractivity contribution >= 4 is 11.6 Å². The van der Waals surface area contributed by atoms with E-state index in [4.69, 9.17) is 21.1 Å². The quantitative estimate of drug-likeness (QED) is 0.721. The van der Waals surface area contributed by atoms with Crippen LogP contribution in [0.15, 0.2) is 30.4 Å². The molecule has 2 aliphatic carbocycles. The Morgan fingerprint density at radius 2 is 1.96 bits per heavy atom. The normalized spacial score (nSPS) is 30.8. The van der Waals surface area contributed by atoms with E-state index < -0.39 is 0 Å². The first-order valence-electron chi connectivity index (χ1n) is 9.43. The van der Waals surface area contributed by atoms with Gasteiger partial charge in [0, 0.05) is 37.3 Å². The van der Waals surface area contributed by atoms with E-state index in [0.717, 1.165) is 60.0 Å². The number of fused-ring (bicyclic) bond motifs is 2. The fraction of sp³-hybridized carbons (Fsp3) is 0.619. The van der Waals surface area contributed by atoms with E-state index >= 15 is 0 Å². The smallest absolute Gasteiger partial charge is 0.125 e. The van der Waals surface area contributed by atoms with Crippen LogP contribution < -0.4 is 4.74 Å². The molecule has 3 nitrogen and oxygen atoms in total. The lowest BCUT2D eigenvalue weighted by Gasteiger charge is -2.42. The van der Waals surface area contributed by atoms with Crippen molar-refractivity contribution in [3.05, 3.63) is 40.9 Å². The molecule has 1 aromatic carbocycles. The van der Waals surface area contributed by atoms with Gasteiger partial charge in [0.05, 0.1) is 12.7 Å². The standard InChI is InChI=1S/C21H28ClNO2/c1-24-20-6-5-18(22)13-19(20)21(25-2)7-9-23(10-8-21)14-17-12-15-3-4-16(17)11-15/h3-6,13,15-17H,7-12,14H2,1-2H3/t15-,16-,17-/m1/s1. The van der Waals surface area contributed by atoms with Gasteiger partial charge in [0.25, 0.3) is 0 Å². The molecule has 25 heavy (non-hydrogen) atoms. The van der Waals surface area contributed by atoms with E-state index in [2.05, 4.69) is 17.1 Å². The number of benzene rings is 1. The van der Waals surface area contributed by atoms with Crippen molar-refractivity contribution in [2.45, 2.75) is 31.3 Å². The number of nitrogens with zero attached hydrogens (tertiary/aromatic N) is 1. The fourth-order valence-corrected chi connectivity index (χ4v) is 5.32. The summed E-state index contributed by atoms with van der Waals surface area (Å²) in [6.07, 6.45) is 9.63. The van der Waals surface area contributed by atoms with Crippen LogP contribution in [0.5, 0.6) is 5.75 Å². The van der Waals surface area contributed by atoms with Gasteiger partial charge in [-0.3, -0.25) is 0 Å². The lowest BCUT2D eigenvalue weighted by molar-refractivity contribution is -0.0659. The third kappa shape index (κ3) is 3.22. The minimum absolute atomic E-state index is 0.290. The SMILES string of the molecule is COc1ccc(Cl)cc1C1(OC)CCN(C[C@H]2C[C@@H]3C=C[C@@H]2C3)CC1. The van der Waals surface area contributed by atoms with Crippen molar-refractivity contribution in [2.75, 3.05) is 33.9 Å².